The summed E-state index contributed by atoms with van der Waals surface area (Å²) in [7, 11) is 0. The number of nitrogens with zero attached hydrogens (tertiary/aromatic N) is 1. The van der Waals surface area contributed by atoms with Crippen LogP contribution in [0.4, 0.5) is 0 Å². The lowest BCUT2D eigenvalue weighted by Crippen LogP contribution is -2.63. The van der Waals surface area contributed by atoms with Gasteiger partial charge in [-0.1, -0.05) is 41.5 Å². The predicted molar refractivity (Wildman–Crippen MR) is 81.0 cm³/mol. The van der Waals surface area contributed by atoms with Crippen molar-refractivity contribution in [1.29, 1.82) is 0 Å². The summed E-state index contributed by atoms with van der Waals surface area (Å²) < 4.78 is 0. The van der Waals surface area contributed by atoms with Crippen LogP contribution >= 0.6 is 0 Å². The molecule has 0 bridgehead atoms. The van der Waals surface area contributed by atoms with Crippen LogP contribution < -0.4 is 5.32 Å². The quantitative estimate of drug-likeness (QED) is 0.826. The van der Waals surface area contributed by atoms with Gasteiger partial charge in [-0.3, -0.25) is 4.90 Å². The highest BCUT2D eigenvalue weighted by Gasteiger charge is 2.35. The second-order valence-electron chi connectivity index (χ2n) is 7.55. The summed E-state index contributed by atoms with van der Waals surface area (Å²) in [5, 5.41) is 3.75. The SMILES string of the molecule is CCC1CNC(C)(CC)CN1CC(C)C(C)(C)C. The summed E-state index contributed by atoms with van der Waals surface area (Å²) in [4.78, 5) is 2.73. The second kappa shape index (κ2) is 5.92. The predicted octanol–water partition coefficient (Wildman–Crippen LogP) is 3.52. The Labute approximate surface area is 115 Å². The van der Waals surface area contributed by atoms with Gasteiger partial charge in [-0.25, -0.2) is 0 Å². The van der Waals surface area contributed by atoms with Crippen molar-refractivity contribution in [3.63, 3.8) is 0 Å². The van der Waals surface area contributed by atoms with Crippen LogP contribution in [-0.2, 0) is 0 Å². The first-order valence-corrected chi connectivity index (χ1v) is 7.71. The Bertz CT molecular complexity index is 256. The maximum absolute atomic E-state index is 3.75. The van der Waals surface area contributed by atoms with Crippen molar-refractivity contribution in [2.24, 2.45) is 11.3 Å². The van der Waals surface area contributed by atoms with Crippen LogP contribution in [0.5, 0.6) is 0 Å². The Morgan fingerprint density at radius 2 is 1.94 bits per heavy atom. The molecule has 0 aromatic rings. The van der Waals surface area contributed by atoms with E-state index in [0.29, 0.717) is 11.0 Å². The van der Waals surface area contributed by atoms with Gasteiger partial charge in [0.15, 0.2) is 0 Å². The summed E-state index contributed by atoms with van der Waals surface area (Å²) in [6.07, 6.45) is 2.47. The third kappa shape index (κ3) is 3.96. The molecule has 0 aromatic heterocycles. The Morgan fingerprint density at radius 1 is 1.33 bits per heavy atom. The van der Waals surface area contributed by atoms with Gasteiger partial charge in [0, 0.05) is 31.2 Å². The van der Waals surface area contributed by atoms with Gasteiger partial charge >= 0.3 is 0 Å². The van der Waals surface area contributed by atoms with E-state index < -0.39 is 0 Å². The van der Waals surface area contributed by atoms with Gasteiger partial charge < -0.3 is 5.32 Å². The molecule has 0 saturated carbocycles. The smallest absolute Gasteiger partial charge is 0.0278 e. The van der Waals surface area contributed by atoms with Crippen LogP contribution in [0.1, 0.15) is 61.3 Å². The normalized spacial score (nSPS) is 32.5. The molecule has 0 amide bonds. The van der Waals surface area contributed by atoms with Gasteiger partial charge in [-0.15, -0.1) is 0 Å². The third-order valence-electron chi connectivity index (χ3n) is 5.07. The zero-order valence-corrected chi connectivity index (χ0v) is 13.6. The van der Waals surface area contributed by atoms with E-state index in [0.717, 1.165) is 18.5 Å². The van der Waals surface area contributed by atoms with Gasteiger partial charge in [0.25, 0.3) is 0 Å². The minimum absolute atomic E-state index is 0.309. The summed E-state index contributed by atoms with van der Waals surface area (Å²) >= 11 is 0. The zero-order chi connectivity index (χ0) is 14.0. The topological polar surface area (TPSA) is 15.3 Å². The average Bonchev–Trinajstić information content (AvgIpc) is 2.28. The maximum atomic E-state index is 3.75. The molecule has 1 rings (SSSR count). The molecule has 1 fully saturated rings. The van der Waals surface area contributed by atoms with Crippen molar-refractivity contribution >= 4 is 0 Å². The molecular weight excluding hydrogens is 220 g/mol. The third-order valence-corrected chi connectivity index (χ3v) is 5.07. The van der Waals surface area contributed by atoms with Crippen LogP contribution in [0.25, 0.3) is 0 Å². The van der Waals surface area contributed by atoms with Crippen LogP contribution in [0, 0.1) is 11.3 Å². The van der Waals surface area contributed by atoms with Gasteiger partial charge in [-0.2, -0.15) is 0 Å². The molecule has 1 aliphatic rings. The molecule has 0 spiro atoms. The van der Waals surface area contributed by atoms with E-state index in [2.05, 4.69) is 58.7 Å². The number of piperazine rings is 1. The number of nitrogens with one attached hydrogen (secondary N) is 1. The highest BCUT2D eigenvalue weighted by atomic mass is 15.2. The lowest BCUT2D eigenvalue weighted by Gasteiger charge is -2.48. The van der Waals surface area contributed by atoms with Crippen molar-refractivity contribution in [2.75, 3.05) is 19.6 Å². The number of rotatable bonds is 4. The van der Waals surface area contributed by atoms with Crippen molar-refractivity contribution in [1.82, 2.24) is 10.2 Å². The van der Waals surface area contributed by atoms with Crippen LogP contribution in [0.3, 0.4) is 0 Å². The van der Waals surface area contributed by atoms with Crippen molar-refractivity contribution in [3.05, 3.63) is 0 Å². The van der Waals surface area contributed by atoms with E-state index in [1.165, 1.54) is 25.9 Å². The molecule has 1 aliphatic heterocycles. The molecule has 2 heteroatoms. The summed E-state index contributed by atoms with van der Waals surface area (Å²) in [6.45, 7) is 20.0. The second-order valence-corrected chi connectivity index (χ2v) is 7.55. The van der Waals surface area contributed by atoms with Gasteiger partial charge in [-0.05, 0) is 31.1 Å². The monoisotopic (exact) mass is 254 g/mol. The Balaban J connectivity index is 2.69. The largest absolute Gasteiger partial charge is 0.309 e. The van der Waals surface area contributed by atoms with E-state index in [1.54, 1.807) is 0 Å². The molecule has 0 aliphatic carbocycles. The average molecular weight is 254 g/mol. The van der Waals surface area contributed by atoms with E-state index in [-0.39, 0.29) is 0 Å². The van der Waals surface area contributed by atoms with E-state index in [1.807, 2.05) is 0 Å². The molecule has 0 radical (unpaired) electrons. The summed E-state index contributed by atoms with van der Waals surface area (Å²) in [5.41, 5.74) is 0.717. The molecule has 108 valence electrons. The van der Waals surface area contributed by atoms with Crippen LogP contribution in [-0.4, -0.2) is 36.1 Å². The van der Waals surface area contributed by atoms with Gasteiger partial charge in [0.05, 0.1) is 0 Å². The van der Waals surface area contributed by atoms with Crippen molar-refractivity contribution < 1.29 is 0 Å². The van der Waals surface area contributed by atoms with Crippen molar-refractivity contribution in [3.8, 4) is 0 Å². The van der Waals surface area contributed by atoms with E-state index in [9.17, 15) is 0 Å². The summed E-state index contributed by atoms with van der Waals surface area (Å²) in [6, 6.07) is 0.717. The van der Waals surface area contributed by atoms with Gasteiger partial charge in [0.1, 0.15) is 0 Å². The molecule has 18 heavy (non-hydrogen) atoms. The first kappa shape index (κ1) is 16.0. The standard InChI is InChI=1S/C16H34N2/c1-8-14-10-17-16(7,9-2)12-18(14)11-13(3)15(4,5)6/h13-14,17H,8-12H2,1-7H3. The van der Waals surface area contributed by atoms with E-state index >= 15 is 0 Å². The van der Waals surface area contributed by atoms with Crippen molar-refractivity contribution in [2.45, 2.75) is 72.9 Å². The molecule has 1 heterocycles. The van der Waals surface area contributed by atoms with E-state index in [4.69, 9.17) is 0 Å². The first-order chi connectivity index (χ1) is 8.22. The number of hydrogen-bond donors (Lipinski definition) is 1. The van der Waals surface area contributed by atoms with Crippen LogP contribution in [0.15, 0.2) is 0 Å². The van der Waals surface area contributed by atoms with Crippen LogP contribution in [0.2, 0.25) is 0 Å². The molecule has 3 unspecified atom stereocenters. The Hall–Kier alpha value is -0.0800. The fourth-order valence-corrected chi connectivity index (χ4v) is 2.61. The summed E-state index contributed by atoms with van der Waals surface area (Å²) in [5.74, 6) is 0.741. The Kier molecular flexibility index (Phi) is 5.25. The molecule has 3 atom stereocenters. The minimum Gasteiger partial charge on any atom is -0.309 e. The maximum Gasteiger partial charge on any atom is 0.0278 e. The first-order valence-electron chi connectivity index (χ1n) is 7.71. The fraction of sp³-hybridized carbons (Fsp3) is 1.00. The molecule has 2 nitrogen and oxygen atoms in total. The lowest BCUT2D eigenvalue weighted by atomic mass is 9.81. The minimum atomic E-state index is 0.309. The fourth-order valence-electron chi connectivity index (χ4n) is 2.61. The van der Waals surface area contributed by atoms with Gasteiger partial charge in [0.2, 0.25) is 0 Å². The molecule has 0 aromatic carbocycles. The highest BCUT2D eigenvalue weighted by Crippen LogP contribution is 2.29. The zero-order valence-electron chi connectivity index (χ0n) is 13.6. The molecule has 1 N–H and O–H groups in total. The Morgan fingerprint density at radius 3 is 2.39 bits per heavy atom. The molecular formula is C16H34N2. The highest BCUT2D eigenvalue weighted by molar-refractivity contribution is 4.94. The molecule has 1 saturated heterocycles. The number of hydrogen-bond acceptors (Lipinski definition) is 2. The lowest BCUT2D eigenvalue weighted by molar-refractivity contribution is 0.0506.